The molecule has 658 valence electrons. The maximum atomic E-state index is 15.5. The summed E-state index contributed by atoms with van der Waals surface area (Å²) in [5.41, 5.74) is 11.2. The van der Waals surface area contributed by atoms with Crippen LogP contribution in [0, 0.1) is 23.2 Å². The van der Waals surface area contributed by atoms with Crippen LogP contribution in [0.5, 0.6) is 5.75 Å². The molecule has 3 unspecified atom stereocenters. The van der Waals surface area contributed by atoms with Crippen LogP contribution in [0.25, 0.3) is 10.8 Å². The van der Waals surface area contributed by atoms with Gasteiger partial charge in [0.15, 0.2) is 0 Å². The zero-order valence-electron chi connectivity index (χ0n) is 67.4. The number of primary amides is 2. The van der Waals surface area contributed by atoms with E-state index in [2.05, 4.69) is 74.4 Å². The van der Waals surface area contributed by atoms with Gasteiger partial charge < -0.3 is 111 Å². The smallest absolute Gasteiger partial charge is 0.305 e. The van der Waals surface area contributed by atoms with Crippen molar-refractivity contribution in [2.45, 2.75) is 224 Å². The van der Waals surface area contributed by atoms with E-state index in [0.29, 0.717) is 21.9 Å². The van der Waals surface area contributed by atoms with Crippen molar-refractivity contribution in [2.75, 3.05) is 7.05 Å². The summed E-state index contributed by atoms with van der Waals surface area (Å²) in [5, 5.41) is 86.2. The lowest BCUT2D eigenvalue weighted by Crippen LogP contribution is -2.62. The minimum absolute atomic E-state index is 0. The Morgan fingerprint density at radius 1 is 0.405 bits per heavy atom. The summed E-state index contributed by atoms with van der Waals surface area (Å²) in [4.78, 5) is 269. The third kappa shape index (κ3) is 30.0. The first-order chi connectivity index (χ1) is 56.6. The third-order valence-corrected chi connectivity index (χ3v) is 20.4. The number of phenols is 1. The van der Waals surface area contributed by atoms with Gasteiger partial charge in [-0.25, -0.2) is 0 Å². The molecule has 40 nitrogen and oxygen atoms in total. The molecule has 4 aromatic carbocycles. The Balaban J connectivity index is 0.00000861. The summed E-state index contributed by atoms with van der Waals surface area (Å²) in [6.07, 6.45) is -9.50. The van der Waals surface area contributed by atoms with Gasteiger partial charge in [0, 0.05) is 32.1 Å². The quantitative estimate of drug-likeness (QED) is 0.0428. The topological polar surface area (TPSA) is 646 Å². The van der Waals surface area contributed by atoms with Crippen LogP contribution in [-0.4, -0.2) is 230 Å². The lowest BCUT2D eigenvalue weighted by atomic mass is 9.85. The number of hydrogen-bond donors (Lipinski definition) is 21. The van der Waals surface area contributed by atoms with Crippen LogP contribution in [0.15, 0.2) is 97.1 Å². The number of carbonyl (C=O) groups is 19. The van der Waals surface area contributed by atoms with Gasteiger partial charge in [0.1, 0.15) is 84.3 Å². The van der Waals surface area contributed by atoms with E-state index in [4.69, 9.17) is 11.5 Å². The highest BCUT2D eigenvalue weighted by atomic mass is 16.4. The summed E-state index contributed by atoms with van der Waals surface area (Å²) in [7, 11) is 1.31. The van der Waals surface area contributed by atoms with Crippen molar-refractivity contribution >= 4 is 123 Å². The van der Waals surface area contributed by atoms with Crippen LogP contribution in [0.1, 0.15) is 137 Å². The minimum atomic E-state index is -2.22. The van der Waals surface area contributed by atoms with Crippen molar-refractivity contribution in [1.82, 2.24) is 74.4 Å². The van der Waals surface area contributed by atoms with E-state index in [1.807, 2.05) is 13.8 Å². The van der Waals surface area contributed by atoms with Gasteiger partial charge in [-0.15, -0.1) is 0 Å². The molecule has 15 amide bonds. The highest BCUT2D eigenvalue weighted by Gasteiger charge is 2.54. The summed E-state index contributed by atoms with van der Waals surface area (Å²) >= 11 is 0. The monoisotopic (exact) mass is 1690 g/mol. The molecule has 0 spiro atoms. The molecule has 4 aromatic rings. The number of carboxylic acid groups (broad SMARTS) is 4. The molecular weight excluding hydrogens is 1580 g/mol. The zero-order valence-corrected chi connectivity index (χ0v) is 67.4. The fraction of sp³-hybridized carbons (Fsp3) is 0.494. The Bertz CT molecular complexity index is 4460. The van der Waals surface area contributed by atoms with Crippen molar-refractivity contribution in [3.8, 4) is 5.75 Å². The molecule has 2 heterocycles. The largest absolute Gasteiger partial charge is 0.508 e. The van der Waals surface area contributed by atoms with E-state index < -0.39 is 297 Å². The fourth-order valence-electron chi connectivity index (χ4n) is 13.9. The maximum Gasteiger partial charge on any atom is 0.305 e. The average Bonchev–Trinajstić information content (AvgIpc) is 1.61. The second kappa shape index (κ2) is 45.7. The number of fused-ring (bicyclic) bond motifs is 3. The Hall–Kier alpha value is -13.2. The molecule has 1 saturated carbocycles. The number of likely N-dealkylation sites (N-methyl/N-ethyl adjacent to an activating group) is 1. The van der Waals surface area contributed by atoms with Gasteiger partial charge >= 0.3 is 23.9 Å². The summed E-state index contributed by atoms with van der Waals surface area (Å²) in [6.45, 7) is 10.7. The molecule has 1 aliphatic carbocycles. The predicted octanol–water partition coefficient (Wildman–Crippen LogP) is -2.69. The normalized spacial score (nSPS) is 26.3. The van der Waals surface area contributed by atoms with Gasteiger partial charge in [-0.2, -0.15) is 0 Å². The predicted molar refractivity (Wildman–Crippen MR) is 432 cm³/mol. The SMILES string of the molecule is C.CC.CN[C@H]1CC2C3C[C@@H](C(N)=O)NC(=O)[C@H](C(C)(C)C)NC(=O)[C@H](CC(=O)O)NC(=O)[C@H](Cc4ccc(O)cc4)NC(=O)[C@H](Cc4ccccc4)NC(=O)[C@H](CC(=O)O)NC(=O)[C@H](CCC(=O)O)NC(=O)[C@@H](CC32)NC(=O)[C@@H](C)NC(=O)[C@H](Cc2cccc3ccccc23)NC(=O)[C@H](CCC(=O)O)NC(=O)[C@H](CC(N)=O)NC(=O)[C@@H](C)NC1=O. The number of benzene rings is 4. The van der Waals surface area contributed by atoms with Crippen LogP contribution in [-0.2, 0) is 110 Å². The summed E-state index contributed by atoms with van der Waals surface area (Å²) in [6, 6.07) is -1.28. The van der Waals surface area contributed by atoms with E-state index in [1.165, 1.54) is 71.1 Å². The molecule has 23 N–H and O–H groups in total. The van der Waals surface area contributed by atoms with Gasteiger partial charge in [-0.05, 0) is 116 Å². The van der Waals surface area contributed by atoms with E-state index in [1.54, 1.807) is 60.7 Å². The number of rotatable bonds is 20. The Morgan fingerprint density at radius 3 is 1.30 bits per heavy atom. The highest BCUT2D eigenvalue weighted by Crippen LogP contribution is 2.54. The van der Waals surface area contributed by atoms with E-state index in [-0.39, 0.29) is 25.2 Å². The number of phenolic OH excluding ortho intramolecular Hbond substituents is 1. The zero-order chi connectivity index (χ0) is 89.2. The molecule has 2 saturated heterocycles. The number of nitrogens with one attached hydrogen (secondary N) is 14. The van der Waals surface area contributed by atoms with Crippen molar-refractivity contribution in [1.29, 1.82) is 0 Å². The summed E-state index contributed by atoms with van der Waals surface area (Å²) in [5.74, 6) is -28.1. The molecule has 7 rings (SSSR count). The molecule has 0 radical (unpaired) electrons. The number of aliphatic carboxylic acids is 4. The van der Waals surface area contributed by atoms with Crippen LogP contribution in [0.4, 0.5) is 0 Å². The average molecular weight is 1690 g/mol. The Morgan fingerprint density at radius 2 is 0.802 bits per heavy atom. The molecule has 3 fully saturated rings. The third-order valence-electron chi connectivity index (χ3n) is 20.4. The molecular formula is C81H110N16O24. The van der Waals surface area contributed by atoms with Crippen molar-refractivity contribution in [3.05, 3.63) is 114 Å². The molecule has 40 heteroatoms. The van der Waals surface area contributed by atoms with E-state index >= 15 is 14.4 Å². The van der Waals surface area contributed by atoms with Crippen LogP contribution < -0.4 is 85.9 Å². The first-order valence-electron chi connectivity index (χ1n) is 38.9. The standard InChI is InChI=1S/C78H100N16O24.C2H6.CH4/c1-36-66(107)88-55(33-58(79)96)74(115)85-47(23-25-59(97)98)67(108)91-53(29-41-17-12-16-40-15-10-11-18-43(40)41)70(111)83-37(2)65(106)87-54-32-46-44(45(46)31-50(81-6)69(110)82-36)30-49(64(80)105)86-77(118)63(78(3,4)5)94-76(117)57(35-62(103)104)93-72(113)52(28-39-19-21-42(95)22-20-39)89-71(112)51(27-38-13-8-7-9-14-38)90-75(116)56(34-61(101)102)92-68(109)48(84-73(54)114)24-26-60(99)100;1-2;/h7-22,36-37,44-57,63,81,95H,23-35H2,1-6H3,(H2,79,96)(H2,80,105)(H,82,110)(H,83,111)(H,84,114)(H,85,115)(H,86,118)(H,87,106)(H,88,107)(H,89,112)(H,90,116)(H,91,108)(H,92,109)(H,93,113)(H,94,117)(H,97,98)(H,99,100)(H,101,102)(H,103,104);1-2H3;1H4/t36-,37-,44?,45?,46?,47+,48+,49+,50+,51+,52+,53+,54-,55+,56+,57+,63-;;/m1../s1. The molecule has 17 atom stereocenters. The Labute approximate surface area is 696 Å². The van der Waals surface area contributed by atoms with E-state index in [9.17, 15) is 102 Å². The van der Waals surface area contributed by atoms with Gasteiger partial charge in [0.05, 0.1) is 25.3 Å². The maximum absolute atomic E-state index is 15.5. The number of carbonyl (C=O) groups excluding carboxylic acids is 15. The second-order valence-corrected chi connectivity index (χ2v) is 30.5. The highest BCUT2D eigenvalue weighted by molar-refractivity contribution is 6.02. The molecule has 121 heavy (non-hydrogen) atoms. The number of aromatic hydroxyl groups is 1. The van der Waals surface area contributed by atoms with Gasteiger partial charge in [0.2, 0.25) is 88.6 Å². The van der Waals surface area contributed by atoms with Crippen LogP contribution >= 0.6 is 0 Å². The van der Waals surface area contributed by atoms with Crippen LogP contribution in [0.3, 0.4) is 0 Å². The summed E-state index contributed by atoms with van der Waals surface area (Å²) < 4.78 is 0. The lowest BCUT2D eigenvalue weighted by Gasteiger charge is -2.33. The first kappa shape index (κ1) is 98.4. The molecule has 2 bridgehead atoms. The molecule has 3 aliphatic rings. The van der Waals surface area contributed by atoms with Crippen molar-refractivity contribution < 1.29 is 117 Å². The van der Waals surface area contributed by atoms with Crippen LogP contribution in [0.2, 0.25) is 0 Å². The number of carboxylic acids is 4. The molecule has 0 aromatic heterocycles. The lowest BCUT2D eigenvalue weighted by molar-refractivity contribution is -0.142. The Kier molecular flexibility index (Phi) is 37.2. The second-order valence-electron chi connectivity index (χ2n) is 30.5. The fourth-order valence-corrected chi connectivity index (χ4v) is 13.9. The number of amides is 15. The van der Waals surface area contributed by atoms with Gasteiger partial charge in [0.25, 0.3) is 0 Å². The van der Waals surface area contributed by atoms with Gasteiger partial charge in [-0.1, -0.05) is 127 Å². The van der Waals surface area contributed by atoms with Crippen molar-refractivity contribution in [3.63, 3.8) is 0 Å². The molecule has 2 aliphatic heterocycles. The van der Waals surface area contributed by atoms with Gasteiger partial charge in [-0.3, -0.25) is 91.1 Å². The first-order valence-corrected chi connectivity index (χ1v) is 38.9. The number of nitrogens with two attached hydrogens (primary N) is 2. The number of hydrogen-bond acceptors (Lipinski definition) is 21. The van der Waals surface area contributed by atoms with E-state index in [0.717, 1.165) is 6.92 Å². The minimum Gasteiger partial charge on any atom is -0.508 e. The van der Waals surface area contributed by atoms with Crippen molar-refractivity contribution in [2.24, 2.45) is 34.6 Å².